The van der Waals surface area contributed by atoms with Crippen molar-refractivity contribution in [1.82, 2.24) is 5.32 Å². The van der Waals surface area contributed by atoms with E-state index in [4.69, 9.17) is 0 Å². The van der Waals surface area contributed by atoms with E-state index in [0.29, 0.717) is 18.4 Å². The lowest BCUT2D eigenvalue weighted by Crippen LogP contribution is -2.51. The van der Waals surface area contributed by atoms with Gasteiger partial charge in [-0.15, -0.1) is 0 Å². The van der Waals surface area contributed by atoms with Gasteiger partial charge >= 0.3 is 0 Å². The zero-order chi connectivity index (χ0) is 9.90. The van der Waals surface area contributed by atoms with Crippen molar-refractivity contribution in [1.29, 1.82) is 0 Å². The predicted molar refractivity (Wildman–Crippen MR) is 55.7 cm³/mol. The van der Waals surface area contributed by atoms with Gasteiger partial charge in [0.15, 0.2) is 0 Å². The molecule has 78 valence electrons. The van der Waals surface area contributed by atoms with Crippen LogP contribution < -0.4 is 5.32 Å². The van der Waals surface area contributed by atoms with E-state index in [-0.39, 0.29) is 5.54 Å². The molecule has 1 aliphatic rings. The van der Waals surface area contributed by atoms with E-state index in [0.717, 1.165) is 13.0 Å². The zero-order valence-electron chi connectivity index (χ0n) is 9.14. The molecule has 0 radical (unpaired) electrons. The highest BCUT2D eigenvalue weighted by Gasteiger charge is 2.38. The van der Waals surface area contributed by atoms with Crippen LogP contribution >= 0.6 is 0 Å². The summed E-state index contributed by atoms with van der Waals surface area (Å²) in [7, 11) is 0. The second kappa shape index (κ2) is 4.43. The van der Waals surface area contributed by atoms with Crippen LogP contribution in [0, 0.1) is 11.8 Å². The van der Waals surface area contributed by atoms with Crippen molar-refractivity contribution >= 4 is 0 Å². The minimum Gasteiger partial charge on any atom is -0.394 e. The average molecular weight is 185 g/mol. The average Bonchev–Trinajstić information content (AvgIpc) is 2.45. The van der Waals surface area contributed by atoms with E-state index in [9.17, 15) is 5.11 Å². The van der Waals surface area contributed by atoms with Crippen molar-refractivity contribution in [3.8, 4) is 0 Å². The van der Waals surface area contributed by atoms with Gasteiger partial charge in [-0.3, -0.25) is 0 Å². The first-order valence-corrected chi connectivity index (χ1v) is 5.46. The number of hydrogen-bond acceptors (Lipinski definition) is 2. The third-order valence-electron chi connectivity index (χ3n) is 3.35. The first-order valence-electron chi connectivity index (χ1n) is 5.46. The molecule has 0 heterocycles. The maximum atomic E-state index is 9.44. The fraction of sp³-hybridized carbons (Fsp3) is 1.00. The third kappa shape index (κ3) is 2.44. The highest BCUT2D eigenvalue weighted by Crippen LogP contribution is 2.34. The lowest BCUT2D eigenvalue weighted by molar-refractivity contribution is 0.127. The van der Waals surface area contributed by atoms with Gasteiger partial charge in [0.25, 0.3) is 0 Å². The molecule has 2 atom stereocenters. The third-order valence-corrected chi connectivity index (χ3v) is 3.35. The molecule has 1 aliphatic carbocycles. The van der Waals surface area contributed by atoms with Gasteiger partial charge in [-0.1, -0.05) is 27.2 Å². The Morgan fingerprint density at radius 1 is 1.54 bits per heavy atom. The lowest BCUT2D eigenvalue weighted by Gasteiger charge is -2.34. The van der Waals surface area contributed by atoms with Crippen molar-refractivity contribution in [3.05, 3.63) is 0 Å². The fourth-order valence-electron chi connectivity index (χ4n) is 2.21. The van der Waals surface area contributed by atoms with Crippen molar-refractivity contribution in [2.24, 2.45) is 11.8 Å². The molecule has 0 bridgehead atoms. The van der Waals surface area contributed by atoms with Crippen molar-refractivity contribution < 1.29 is 5.11 Å². The molecule has 0 aromatic rings. The number of nitrogens with one attached hydrogen (secondary N) is 1. The molecular formula is C11H23NO. The van der Waals surface area contributed by atoms with Crippen LogP contribution in [-0.4, -0.2) is 23.8 Å². The standard InChI is InChI=1S/C11H23NO/c1-9(2)7-12-11(8-13)6-4-5-10(11)3/h9-10,12-13H,4-8H2,1-3H3. The molecule has 0 aromatic carbocycles. The minimum atomic E-state index is 0.0320. The molecule has 2 nitrogen and oxygen atoms in total. The van der Waals surface area contributed by atoms with Crippen LogP contribution in [-0.2, 0) is 0 Å². The quantitative estimate of drug-likeness (QED) is 0.700. The summed E-state index contributed by atoms with van der Waals surface area (Å²) in [5.74, 6) is 1.28. The Bertz CT molecular complexity index is 158. The molecule has 0 amide bonds. The number of aliphatic hydroxyl groups is 1. The topological polar surface area (TPSA) is 32.3 Å². The first-order chi connectivity index (χ1) is 6.10. The molecule has 1 fully saturated rings. The second-order valence-corrected chi connectivity index (χ2v) is 4.88. The molecule has 2 heteroatoms. The summed E-state index contributed by atoms with van der Waals surface area (Å²) in [6.45, 7) is 7.97. The SMILES string of the molecule is CC(C)CNC1(CO)CCCC1C. The molecular weight excluding hydrogens is 162 g/mol. The summed E-state index contributed by atoms with van der Waals surface area (Å²) in [6, 6.07) is 0. The van der Waals surface area contributed by atoms with Crippen LogP contribution in [0.2, 0.25) is 0 Å². The summed E-state index contributed by atoms with van der Waals surface area (Å²) in [6.07, 6.45) is 3.65. The summed E-state index contributed by atoms with van der Waals surface area (Å²) < 4.78 is 0. The van der Waals surface area contributed by atoms with Crippen molar-refractivity contribution in [2.75, 3.05) is 13.2 Å². The number of hydrogen-bond donors (Lipinski definition) is 2. The fourth-order valence-corrected chi connectivity index (χ4v) is 2.21. The Kier molecular flexibility index (Phi) is 3.74. The number of rotatable bonds is 4. The Morgan fingerprint density at radius 2 is 2.23 bits per heavy atom. The highest BCUT2D eigenvalue weighted by atomic mass is 16.3. The Balaban J connectivity index is 2.49. The van der Waals surface area contributed by atoms with E-state index in [2.05, 4.69) is 26.1 Å². The normalized spacial score (nSPS) is 34.4. The Hall–Kier alpha value is -0.0800. The van der Waals surface area contributed by atoms with Gasteiger partial charge < -0.3 is 10.4 Å². The van der Waals surface area contributed by atoms with Gasteiger partial charge in [-0.25, -0.2) is 0 Å². The van der Waals surface area contributed by atoms with Crippen LogP contribution in [0.25, 0.3) is 0 Å². The largest absolute Gasteiger partial charge is 0.394 e. The van der Waals surface area contributed by atoms with E-state index in [1.54, 1.807) is 0 Å². The molecule has 0 aliphatic heterocycles. The molecule has 0 spiro atoms. The first kappa shape index (κ1) is 11.0. The van der Waals surface area contributed by atoms with E-state index in [1.807, 2.05) is 0 Å². The summed E-state index contributed by atoms with van der Waals surface area (Å²) in [5, 5.41) is 13.0. The molecule has 2 unspecified atom stereocenters. The van der Waals surface area contributed by atoms with Crippen LogP contribution in [0.4, 0.5) is 0 Å². The predicted octanol–water partition coefficient (Wildman–Crippen LogP) is 1.78. The smallest absolute Gasteiger partial charge is 0.0615 e. The van der Waals surface area contributed by atoms with E-state index in [1.165, 1.54) is 12.8 Å². The van der Waals surface area contributed by atoms with Gasteiger partial charge in [-0.2, -0.15) is 0 Å². The second-order valence-electron chi connectivity index (χ2n) is 4.88. The molecule has 13 heavy (non-hydrogen) atoms. The monoisotopic (exact) mass is 185 g/mol. The molecule has 1 rings (SSSR count). The van der Waals surface area contributed by atoms with Gasteiger partial charge in [0.2, 0.25) is 0 Å². The van der Waals surface area contributed by atoms with Crippen LogP contribution in [0.1, 0.15) is 40.0 Å². The van der Waals surface area contributed by atoms with Gasteiger partial charge in [0.05, 0.1) is 6.61 Å². The Morgan fingerprint density at radius 3 is 2.62 bits per heavy atom. The molecule has 0 saturated heterocycles. The minimum absolute atomic E-state index is 0.0320. The van der Waals surface area contributed by atoms with Crippen LogP contribution in [0.5, 0.6) is 0 Å². The molecule has 1 saturated carbocycles. The Labute approximate surface area is 81.7 Å². The summed E-state index contributed by atoms with van der Waals surface area (Å²) in [4.78, 5) is 0. The van der Waals surface area contributed by atoms with Gasteiger partial charge in [0, 0.05) is 5.54 Å². The van der Waals surface area contributed by atoms with E-state index < -0.39 is 0 Å². The zero-order valence-corrected chi connectivity index (χ0v) is 9.14. The van der Waals surface area contributed by atoms with Gasteiger partial charge in [-0.05, 0) is 31.2 Å². The maximum Gasteiger partial charge on any atom is 0.0615 e. The van der Waals surface area contributed by atoms with E-state index >= 15 is 0 Å². The summed E-state index contributed by atoms with van der Waals surface area (Å²) >= 11 is 0. The molecule has 2 N–H and O–H groups in total. The van der Waals surface area contributed by atoms with Crippen LogP contribution in [0.3, 0.4) is 0 Å². The highest BCUT2D eigenvalue weighted by molar-refractivity contribution is 4.97. The molecule has 0 aromatic heterocycles. The lowest BCUT2D eigenvalue weighted by atomic mass is 9.89. The maximum absolute atomic E-state index is 9.44. The summed E-state index contributed by atoms with van der Waals surface area (Å²) in [5.41, 5.74) is 0.0320. The number of aliphatic hydroxyl groups excluding tert-OH is 1. The van der Waals surface area contributed by atoms with Crippen molar-refractivity contribution in [3.63, 3.8) is 0 Å². The van der Waals surface area contributed by atoms with Gasteiger partial charge in [0.1, 0.15) is 0 Å². The van der Waals surface area contributed by atoms with Crippen molar-refractivity contribution in [2.45, 2.75) is 45.6 Å². The van der Waals surface area contributed by atoms with Crippen LogP contribution in [0.15, 0.2) is 0 Å².